The van der Waals surface area contributed by atoms with Crippen LogP contribution in [0.15, 0.2) is 18.2 Å². The van der Waals surface area contributed by atoms with E-state index in [1.54, 1.807) is 13.2 Å². The van der Waals surface area contributed by atoms with Crippen LogP contribution in [0.3, 0.4) is 0 Å². The Kier molecular flexibility index (Phi) is 3.86. The highest BCUT2D eigenvalue weighted by Crippen LogP contribution is 2.30. The maximum atomic E-state index is 13.0. The van der Waals surface area contributed by atoms with E-state index in [1.165, 1.54) is 12.1 Å². The fourth-order valence-electron chi connectivity index (χ4n) is 2.02. The number of halogens is 2. The molecule has 3 nitrogen and oxygen atoms in total. The molecule has 1 fully saturated rings. The fourth-order valence-corrected chi connectivity index (χ4v) is 2.19. The van der Waals surface area contributed by atoms with Gasteiger partial charge in [-0.15, -0.1) is 0 Å². The van der Waals surface area contributed by atoms with E-state index < -0.39 is 5.82 Å². The van der Waals surface area contributed by atoms with Crippen molar-refractivity contribution >= 4 is 11.6 Å². The first kappa shape index (κ1) is 12.6. The number of hydrogen-bond acceptors (Lipinski definition) is 3. The van der Waals surface area contributed by atoms with Crippen LogP contribution in [0.5, 0.6) is 5.75 Å². The van der Waals surface area contributed by atoms with Crippen molar-refractivity contribution in [3.8, 4) is 5.75 Å². The van der Waals surface area contributed by atoms with Gasteiger partial charge in [0.25, 0.3) is 0 Å². The maximum absolute atomic E-state index is 13.0. The molecule has 0 bridgehead atoms. The van der Waals surface area contributed by atoms with Crippen molar-refractivity contribution in [1.29, 1.82) is 0 Å². The standard InChI is InChI=1S/C12H15ClFNO2/c1-15-10-6-11(12(10)16-2)17-7-3-4-9(14)8(13)5-7/h3-5,10-12,15H,6H2,1-2H3. The van der Waals surface area contributed by atoms with Crippen molar-refractivity contribution in [2.24, 2.45) is 0 Å². The third-order valence-electron chi connectivity index (χ3n) is 3.07. The Morgan fingerprint density at radius 1 is 1.47 bits per heavy atom. The van der Waals surface area contributed by atoms with Gasteiger partial charge in [-0.2, -0.15) is 0 Å². The summed E-state index contributed by atoms with van der Waals surface area (Å²) in [4.78, 5) is 0. The summed E-state index contributed by atoms with van der Waals surface area (Å²) < 4.78 is 24.0. The molecule has 0 radical (unpaired) electrons. The van der Waals surface area contributed by atoms with Gasteiger partial charge in [-0.25, -0.2) is 4.39 Å². The summed E-state index contributed by atoms with van der Waals surface area (Å²) in [5.41, 5.74) is 0. The van der Waals surface area contributed by atoms with Gasteiger partial charge in [0, 0.05) is 25.6 Å². The van der Waals surface area contributed by atoms with E-state index in [1.807, 2.05) is 7.05 Å². The van der Waals surface area contributed by atoms with Gasteiger partial charge >= 0.3 is 0 Å². The van der Waals surface area contributed by atoms with Gasteiger partial charge < -0.3 is 14.8 Å². The van der Waals surface area contributed by atoms with Crippen LogP contribution in [0.4, 0.5) is 4.39 Å². The van der Waals surface area contributed by atoms with Crippen molar-refractivity contribution in [2.45, 2.75) is 24.7 Å². The SMILES string of the molecule is CNC1CC(Oc2ccc(F)c(Cl)c2)C1OC. The van der Waals surface area contributed by atoms with Crippen LogP contribution in [0.2, 0.25) is 5.02 Å². The van der Waals surface area contributed by atoms with Crippen molar-refractivity contribution in [3.05, 3.63) is 29.0 Å². The normalized spacial score (nSPS) is 27.6. The molecule has 2 rings (SSSR count). The first-order valence-corrected chi connectivity index (χ1v) is 5.85. The van der Waals surface area contributed by atoms with Gasteiger partial charge in [0.05, 0.1) is 5.02 Å². The quantitative estimate of drug-likeness (QED) is 0.900. The highest BCUT2D eigenvalue weighted by atomic mass is 35.5. The number of benzene rings is 1. The highest BCUT2D eigenvalue weighted by Gasteiger charge is 2.42. The Bertz CT molecular complexity index is 402. The lowest BCUT2D eigenvalue weighted by Gasteiger charge is -2.42. The second-order valence-corrected chi connectivity index (χ2v) is 4.47. The number of hydrogen-bond donors (Lipinski definition) is 1. The number of ether oxygens (including phenoxy) is 2. The van der Waals surface area contributed by atoms with Gasteiger partial charge in [0.15, 0.2) is 0 Å². The highest BCUT2D eigenvalue weighted by molar-refractivity contribution is 6.30. The summed E-state index contributed by atoms with van der Waals surface area (Å²) >= 11 is 5.69. The van der Waals surface area contributed by atoms with Crippen molar-refractivity contribution in [3.63, 3.8) is 0 Å². The molecule has 1 aliphatic rings. The second kappa shape index (κ2) is 5.21. The first-order valence-electron chi connectivity index (χ1n) is 5.47. The smallest absolute Gasteiger partial charge is 0.142 e. The van der Waals surface area contributed by atoms with Crippen LogP contribution in [-0.2, 0) is 4.74 Å². The lowest BCUT2D eigenvalue weighted by molar-refractivity contribution is -0.0869. The van der Waals surface area contributed by atoms with Gasteiger partial charge in [-0.3, -0.25) is 0 Å². The molecule has 94 valence electrons. The van der Waals surface area contributed by atoms with E-state index >= 15 is 0 Å². The molecule has 3 unspecified atom stereocenters. The topological polar surface area (TPSA) is 30.5 Å². The Morgan fingerprint density at radius 2 is 2.24 bits per heavy atom. The van der Waals surface area contributed by atoms with Crippen LogP contribution in [0, 0.1) is 5.82 Å². The van der Waals surface area contributed by atoms with E-state index in [-0.39, 0.29) is 17.2 Å². The summed E-state index contributed by atoms with van der Waals surface area (Å²) in [5, 5.41) is 3.22. The molecule has 0 heterocycles. The summed E-state index contributed by atoms with van der Waals surface area (Å²) in [7, 11) is 3.55. The van der Waals surface area contributed by atoms with E-state index in [0.717, 1.165) is 6.42 Å². The predicted octanol–water partition coefficient (Wildman–Crippen LogP) is 2.23. The van der Waals surface area contributed by atoms with Crippen molar-refractivity contribution in [2.75, 3.05) is 14.2 Å². The molecular formula is C12H15ClFNO2. The van der Waals surface area contributed by atoms with Crippen LogP contribution in [0.25, 0.3) is 0 Å². The van der Waals surface area contributed by atoms with Crippen LogP contribution in [0.1, 0.15) is 6.42 Å². The maximum Gasteiger partial charge on any atom is 0.142 e. The van der Waals surface area contributed by atoms with E-state index in [2.05, 4.69) is 5.32 Å². The molecule has 17 heavy (non-hydrogen) atoms. The van der Waals surface area contributed by atoms with Crippen LogP contribution in [-0.4, -0.2) is 32.4 Å². The van der Waals surface area contributed by atoms with Crippen molar-refractivity contribution in [1.82, 2.24) is 5.32 Å². The summed E-state index contributed by atoms with van der Waals surface area (Å²) in [6.07, 6.45) is 0.868. The average Bonchev–Trinajstić information content (AvgIpc) is 2.29. The summed E-state index contributed by atoms with van der Waals surface area (Å²) in [6, 6.07) is 4.66. The minimum absolute atomic E-state index is 0.0148. The van der Waals surface area contributed by atoms with E-state index in [0.29, 0.717) is 11.8 Å². The van der Waals surface area contributed by atoms with Crippen LogP contribution < -0.4 is 10.1 Å². The third-order valence-corrected chi connectivity index (χ3v) is 3.36. The first-order chi connectivity index (χ1) is 8.15. The van der Waals surface area contributed by atoms with Crippen molar-refractivity contribution < 1.29 is 13.9 Å². The predicted molar refractivity (Wildman–Crippen MR) is 64.1 cm³/mol. The lowest BCUT2D eigenvalue weighted by atomic mass is 9.85. The molecule has 1 aliphatic carbocycles. The number of nitrogens with one attached hydrogen (secondary N) is 1. The molecule has 3 atom stereocenters. The molecule has 0 aliphatic heterocycles. The second-order valence-electron chi connectivity index (χ2n) is 4.06. The molecule has 1 N–H and O–H groups in total. The molecule has 1 aromatic carbocycles. The summed E-state index contributed by atoms with van der Waals surface area (Å²) in [6.45, 7) is 0. The molecule has 1 aromatic rings. The van der Waals surface area contributed by atoms with Gasteiger partial charge in [0.2, 0.25) is 0 Å². The fraction of sp³-hybridized carbons (Fsp3) is 0.500. The zero-order valence-electron chi connectivity index (χ0n) is 9.74. The molecule has 0 aromatic heterocycles. The largest absolute Gasteiger partial charge is 0.488 e. The third kappa shape index (κ3) is 2.54. The zero-order chi connectivity index (χ0) is 12.4. The number of likely N-dealkylation sites (N-methyl/N-ethyl adjacent to an activating group) is 1. The Hall–Kier alpha value is -0.840. The Balaban J connectivity index is 2.00. The monoisotopic (exact) mass is 259 g/mol. The average molecular weight is 260 g/mol. The Labute approximate surface area is 105 Å². The van der Waals surface area contributed by atoms with Gasteiger partial charge in [-0.05, 0) is 19.2 Å². The molecule has 5 heteroatoms. The van der Waals surface area contributed by atoms with Gasteiger partial charge in [0.1, 0.15) is 23.8 Å². The minimum atomic E-state index is -0.441. The zero-order valence-corrected chi connectivity index (χ0v) is 10.5. The van der Waals surface area contributed by atoms with Crippen LogP contribution >= 0.6 is 11.6 Å². The minimum Gasteiger partial charge on any atom is -0.488 e. The number of methoxy groups -OCH3 is 1. The van der Waals surface area contributed by atoms with Gasteiger partial charge in [-0.1, -0.05) is 11.6 Å². The lowest BCUT2D eigenvalue weighted by Crippen LogP contribution is -2.60. The Morgan fingerprint density at radius 3 is 2.82 bits per heavy atom. The summed E-state index contributed by atoms with van der Waals surface area (Å²) in [5.74, 6) is 0.127. The molecular weight excluding hydrogens is 245 g/mol. The van der Waals surface area contributed by atoms with E-state index in [9.17, 15) is 4.39 Å². The molecule has 0 amide bonds. The molecule has 0 spiro atoms. The number of rotatable bonds is 4. The molecule has 0 saturated heterocycles. The van der Waals surface area contributed by atoms with E-state index in [4.69, 9.17) is 21.1 Å². The molecule has 1 saturated carbocycles.